The molecular weight excluding hydrogens is 306 g/mol. The van der Waals surface area contributed by atoms with Crippen LogP contribution in [0.25, 0.3) is 0 Å². The molecule has 0 unspecified atom stereocenters. The third-order valence-corrected chi connectivity index (χ3v) is 3.83. The van der Waals surface area contributed by atoms with Crippen molar-refractivity contribution in [3.8, 4) is 0 Å². The van der Waals surface area contributed by atoms with Crippen LogP contribution in [0.15, 0.2) is 30.3 Å². The van der Waals surface area contributed by atoms with Crippen LogP contribution in [-0.4, -0.2) is 78.9 Å². The number of para-hydroxylation sites is 1. The predicted octanol–water partition coefficient (Wildman–Crippen LogP) is 0.736. The zero-order valence-corrected chi connectivity index (χ0v) is 14.5. The number of nitrogens with zero attached hydrogens (tertiary/aromatic N) is 1. The first-order valence-electron chi connectivity index (χ1n) is 8.91. The van der Waals surface area contributed by atoms with Gasteiger partial charge in [-0.15, -0.1) is 0 Å². The molecule has 1 heterocycles. The average molecular weight is 337 g/mol. The van der Waals surface area contributed by atoms with Gasteiger partial charge in [-0.25, -0.2) is 0 Å². The topological polar surface area (TPSA) is 55.0 Å². The molecule has 136 valence electrons. The van der Waals surface area contributed by atoms with E-state index in [1.54, 1.807) is 0 Å². The van der Waals surface area contributed by atoms with Gasteiger partial charge in [-0.2, -0.15) is 0 Å². The minimum atomic E-state index is 0.653. The second kappa shape index (κ2) is 13.1. The molecule has 1 saturated heterocycles. The molecule has 0 spiro atoms. The van der Waals surface area contributed by atoms with Crippen molar-refractivity contribution < 1.29 is 14.2 Å². The van der Waals surface area contributed by atoms with Crippen molar-refractivity contribution in [3.63, 3.8) is 0 Å². The van der Waals surface area contributed by atoms with Gasteiger partial charge in [0.1, 0.15) is 0 Å². The second-order valence-corrected chi connectivity index (χ2v) is 5.66. The standard InChI is InChI=1S/C18H31N3O3/c1-2-4-18(5-3-1)21-10-6-19-7-13-23-16-17-24-14-9-20-8-12-22-15-11-21/h1-5,19-20H,6-17H2. The molecule has 1 aliphatic heterocycles. The maximum Gasteiger partial charge on any atom is 0.0701 e. The molecule has 1 aromatic rings. The van der Waals surface area contributed by atoms with Gasteiger partial charge in [0.2, 0.25) is 0 Å². The van der Waals surface area contributed by atoms with E-state index in [4.69, 9.17) is 14.2 Å². The summed E-state index contributed by atoms with van der Waals surface area (Å²) in [6, 6.07) is 10.5. The lowest BCUT2D eigenvalue weighted by Gasteiger charge is -2.25. The van der Waals surface area contributed by atoms with Gasteiger partial charge in [0.25, 0.3) is 0 Å². The Bertz CT molecular complexity index is 388. The lowest BCUT2D eigenvalue weighted by molar-refractivity contribution is 0.0491. The molecule has 0 radical (unpaired) electrons. The van der Waals surface area contributed by atoms with E-state index in [0.29, 0.717) is 19.8 Å². The monoisotopic (exact) mass is 337 g/mol. The quantitative estimate of drug-likeness (QED) is 0.788. The van der Waals surface area contributed by atoms with E-state index in [-0.39, 0.29) is 0 Å². The number of rotatable bonds is 1. The van der Waals surface area contributed by atoms with Crippen molar-refractivity contribution in [2.75, 3.05) is 83.8 Å². The maximum absolute atomic E-state index is 5.75. The molecule has 0 aliphatic carbocycles. The summed E-state index contributed by atoms with van der Waals surface area (Å²) < 4.78 is 16.8. The van der Waals surface area contributed by atoms with Crippen LogP contribution < -0.4 is 15.5 Å². The van der Waals surface area contributed by atoms with Crippen molar-refractivity contribution in [2.24, 2.45) is 0 Å². The Morgan fingerprint density at radius 3 is 1.88 bits per heavy atom. The number of ether oxygens (including phenoxy) is 3. The molecule has 0 saturated carbocycles. The molecule has 2 N–H and O–H groups in total. The summed E-state index contributed by atoms with van der Waals surface area (Å²) in [5.41, 5.74) is 1.24. The van der Waals surface area contributed by atoms with E-state index < -0.39 is 0 Å². The number of nitrogens with one attached hydrogen (secondary N) is 2. The van der Waals surface area contributed by atoms with E-state index in [9.17, 15) is 0 Å². The Morgan fingerprint density at radius 2 is 1.21 bits per heavy atom. The molecule has 2 rings (SSSR count). The molecule has 0 atom stereocenters. The largest absolute Gasteiger partial charge is 0.378 e. The highest BCUT2D eigenvalue weighted by Crippen LogP contribution is 2.12. The maximum atomic E-state index is 5.75. The van der Waals surface area contributed by atoms with Crippen LogP contribution in [0, 0.1) is 0 Å². The summed E-state index contributed by atoms with van der Waals surface area (Å²) in [7, 11) is 0. The van der Waals surface area contributed by atoms with Crippen molar-refractivity contribution >= 4 is 5.69 Å². The number of benzene rings is 1. The third-order valence-electron chi connectivity index (χ3n) is 3.83. The Labute approximate surface area is 145 Å². The van der Waals surface area contributed by atoms with Crippen LogP contribution in [0.3, 0.4) is 0 Å². The number of hydrogen-bond acceptors (Lipinski definition) is 6. The van der Waals surface area contributed by atoms with E-state index in [1.165, 1.54) is 5.69 Å². The summed E-state index contributed by atoms with van der Waals surface area (Å²) in [6.07, 6.45) is 0. The fourth-order valence-electron chi connectivity index (χ4n) is 2.50. The Morgan fingerprint density at radius 1 is 0.625 bits per heavy atom. The summed E-state index contributed by atoms with van der Waals surface area (Å²) >= 11 is 0. The highest BCUT2D eigenvalue weighted by molar-refractivity contribution is 5.45. The van der Waals surface area contributed by atoms with E-state index >= 15 is 0 Å². The highest BCUT2D eigenvalue weighted by Gasteiger charge is 2.05. The number of anilines is 1. The van der Waals surface area contributed by atoms with Crippen LogP contribution in [-0.2, 0) is 14.2 Å². The van der Waals surface area contributed by atoms with Gasteiger partial charge in [0, 0.05) is 45.0 Å². The smallest absolute Gasteiger partial charge is 0.0701 e. The molecule has 1 aromatic carbocycles. The van der Waals surface area contributed by atoms with Crippen molar-refractivity contribution in [3.05, 3.63) is 30.3 Å². The van der Waals surface area contributed by atoms with E-state index in [0.717, 1.165) is 59.1 Å². The van der Waals surface area contributed by atoms with E-state index in [2.05, 4.69) is 39.8 Å². The van der Waals surface area contributed by atoms with Crippen molar-refractivity contribution in [1.82, 2.24) is 10.6 Å². The lowest BCUT2D eigenvalue weighted by Crippen LogP contribution is -2.36. The third kappa shape index (κ3) is 8.61. The first-order chi connectivity index (χ1) is 12.0. The van der Waals surface area contributed by atoms with Crippen molar-refractivity contribution in [2.45, 2.75) is 0 Å². The van der Waals surface area contributed by atoms with Crippen LogP contribution >= 0.6 is 0 Å². The van der Waals surface area contributed by atoms with Gasteiger partial charge in [-0.05, 0) is 12.1 Å². The Balaban J connectivity index is 1.77. The van der Waals surface area contributed by atoms with Crippen molar-refractivity contribution in [1.29, 1.82) is 0 Å². The van der Waals surface area contributed by atoms with Crippen LogP contribution in [0.4, 0.5) is 5.69 Å². The SMILES string of the molecule is c1ccc(N2CCNCCOCCOCCNCCOCC2)cc1. The summed E-state index contributed by atoms with van der Waals surface area (Å²) in [5.74, 6) is 0. The van der Waals surface area contributed by atoms with Gasteiger partial charge in [0.05, 0.1) is 39.6 Å². The predicted molar refractivity (Wildman–Crippen MR) is 96.9 cm³/mol. The minimum absolute atomic E-state index is 0.653. The fourth-order valence-corrected chi connectivity index (χ4v) is 2.50. The van der Waals surface area contributed by atoms with Crippen LogP contribution in [0.5, 0.6) is 0 Å². The van der Waals surface area contributed by atoms with Crippen LogP contribution in [0.1, 0.15) is 0 Å². The van der Waals surface area contributed by atoms with Gasteiger partial charge >= 0.3 is 0 Å². The molecule has 0 bridgehead atoms. The summed E-state index contributed by atoms with van der Waals surface area (Å²) in [4.78, 5) is 2.36. The molecule has 0 amide bonds. The molecule has 0 aromatic heterocycles. The van der Waals surface area contributed by atoms with Gasteiger partial charge in [-0.3, -0.25) is 0 Å². The zero-order chi connectivity index (χ0) is 16.7. The fraction of sp³-hybridized carbons (Fsp3) is 0.667. The molecule has 1 aliphatic rings. The van der Waals surface area contributed by atoms with E-state index in [1.807, 2.05) is 6.07 Å². The van der Waals surface area contributed by atoms with Gasteiger partial charge in [-0.1, -0.05) is 18.2 Å². The molecule has 6 heteroatoms. The normalized spacial score (nSPS) is 20.9. The molecule has 6 nitrogen and oxygen atoms in total. The van der Waals surface area contributed by atoms with Crippen LogP contribution in [0.2, 0.25) is 0 Å². The Hall–Kier alpha value is -1.18. The summed E-state index contributed by atoms with van der Waals surface area (Å²) in [5, 5.41) is 6.75. The molecule has 1 fully saturated rings. The minimum Gasteiger partial charge on any atom is -0.378 e. The van der Waals surface area contributed by atoms with Gasteiger partial charge in [0.15, 0.2) is 0 Å². The zero-order valence-electron chi connectivity index (χ0n) is 14.5. The first-order valence-corrected chi connectivity index (χ1v) is 8.91. The number of hydrogen-bond donors (Lipinski definition) is 2. The van der Waals surface area contributed by atoms with Gasteiger partial charge < -0.3 is 29.7 Å². The average Bonchev–Trinajstić information content (AvgIpc) is 2.62. The Kier molecular flexibility index (Phi) is 10.5. The lowest BCUT2D eigenvalue weighted by atomic mass is 10.3. The summed E-state index contributed by atoms with van der Waals surface area (Å²) in [6.45, 7) is 9.53. The first kappa shape index (κ1) is 19.1. The second-order valence-electron chi connectivity index (χ2n) is 5.66. The molecule has 24 heavy (non-hydrogen) atoms. The molecular formula is C18H31N3O3. The highest BCUT2D eigenvalue weighted by atomic mass is 16.5.